The van der Waals surface area contributed by atoms with Gasteiger partial charge in [-0.25, -0.2) is 0 Å². The summed E-state index contributed by atoms with van der Waals surface area (Å²) < 4.78 is 16.9. The fraction of sp³-hybridized carbons (Fsp3) is 0.776. The van der Waals surface area contributed by atoms with Crippen LogP contribution in [0, 0.1) is 0 Å². The number of hydrogen-bond acceptors (Lipinski definition) is 6. The van der Waals surface area contributed by atoms with Crippen molar-refractivity contribution in [1.29, 1.82) is 0 Å². The average Bonchev–Trinajstić information content (AvgIpc) is 3.39. The number of ether oxygens (including phenoxy) is 3. The van der Waals surface area contributed by atoms with Gasteiger partial charge >= 0.3 is 17.9 Å². The van der Waals surface area contributed by atoms with E-state index in [1.54, 1.807) is 0 Å². The molecule has 0 aliphatic heterocycles. The summed E-state index contributed by atoms with van der Waals surface area (Å²) in [4.78, 5) is 38.2. The molecule has 0 fully saturated rings. The fourth-order valence-corrected chi connectivity index (χ4v) is 9.00. The number of carbonyl (C=O) groups excluding carboxylic acids is 3. The van der Waals surface area contributed by atoms with Gasteiger partial charge in [-0.2, -0.15) is 0 Å². The van der Waals surface area contributed by atoms with Gasteiger partial charge in [0.2, 0.25) is 0 Å². The Labute approximate surface area is 453 Å². The van der Waals surface area contributed by atoms with Gasteiger partial charge in [0.15, 0.2) is 6.10 Å². The van der Waals surface area contributed by atoms with Gasteiger partial charge in [-0.3, -0.25) is 14.4 Å². The third-order valence-corrected chi connectivity index (χ3v) is 13.7. The summed E-state index contributed by atoms with van der Waals surface area (Å²) in [5, 5.41) is 0. The summed E-state index contributed by atoms with van der Waals surface area (Å²) in [6.45, 7) is 6.51. The van der Waals surface area contributed by atoms with Crippen molar-refractivity contribution in [2.75, 3.05) is 13.2 Å². The first-order valence-electron chi connectivity index (χ1n) is 31.4. The van der Waals surface area contributed by atoms with Gasteiger partial charge in [0.1, 0.15) is 13.2 Å². The monoisotopic (exact) mass is 1020 g/mol. The van der Waals surface area contributed by atoms with Gasteiger partial charge < -0.3 is 14.2 Å². The Morgan fingerprint density at radius 2 is 0.534 bits per heavy atom. The third-order valence-electron chi connectivity index (χ3n) is 13.7. The van der Waals surface area contributed by atoms with Crippen molar-refractivity contribution in [3.8, 4) is 0 Å². The summed E-state index contributed by atoms with van der Waals surface area (Å²) in [5.74, 6) is -0.878. The molecule has 0 N–H and O–H groups in total. The first-order valence-corrected chi connectivity index (χ1v) is 31.4. The summed E-state index contributed by atoms with van der Waals surface area (Å²) in [6, 6.07) is 0. The molecule has 0 bridgehead atoms. The molecule has 6 nitrogen and oxygen atoms in total. The molecule has 0 rings (SSSR count). The lowest BCUT2D eigenvalue weighted by atomic mass is 10.0. The lowest BCUT2D eigenvalue weighted by molar-refractivity contribution is -0.167. The molecule has 6 heteroatoms. The standard InChI is InChI=1S/C67H118O6/c1-4-7-10-13-16-19-22-24-26-27-28-29-30-31-32-33-34-35-36-37-38-39-41-42-45-48-51-54-57-60-66(69)72-63-64(62-71-65(68)59-56-53-50-47-44-21-18-15-12-9-6-3)73-67(70)61-58-55-52-49-46-43-40-25-23-20-17-14-11-8-5-2/h7,10,16-17,19-20,24-26,28-29,40,64H,4-6,8-9,11-15,18,21-23,27,30-39,41-63H2,1-3H3/b10-7-,19-16-,20-17-,26-24-,29-28-,40-25-. The zero-order chi connectivity index (χ0) is 52.9. The minimum absolute atomic E-state index is 0.0767. The maximum Gasteiger partial charge on any atom is 0.306 e. The van der Waals surface area contributed by atoms with E-state index in [1.807, 2.05) is 0 Å². The van der Waals surface area contributed by atoms with E-state index in [9.17, 15) is 14.4 Å². The van der Waals surface area contributed by atoms with Crippen molar-refractivity contribution < 1.29 is 28.6 Å². The summed E-state index contributed by atoms with van der Waals surface area (Å²) >= 11 is 0. The second-order valence-corrected chi connectivity index (χ2v) is 20.9. The van der Waals surface area contributed by atoms with Crippen LogP contribution in [-0.4, -0.2) is 37.2 Å². The van der Waals surface area contributed by atoms with Gasteiger partial charge in [-0.1, -0.05) is 280 Å². The highest BCUT2D eigenvalue weighted by Crippen LogP contribution is 2.17. The van der Waals surface area contributed by atoms with Gasteiger partial charge in [0.25, 0.3) is 0 Å². The largest absolute Gasteiger partial charge is 0.462 e. The lowest BCUT2D eigenvalue weighted by Crippen LogP contribution is -2.30. The van der Waals surface area contributed by atoms with E-state index in [-0.39, 0.29) is 31.1 Å². The number of allylic oxidation sites excluding steroid dienone is 12. The molecule has 0 aromatic heterocycles. The Morgan fingerprint density at radius 1 is 0.288 bits per heavy atom. The number of unbranched alkanes of at least 4 members (excludes halogenated alkanes) is 34. The maximum absolute atomic E-state index is 12.9. The number of carbonyl (C=O) groups is 3. The quantitative estimate of drug-likeness (QED) is 0.0261. The van der Waals surface area contributed by atoms with E-state index >= 15 is 0 Å². The summed E-state index contributed by atoms with van der Waals surface area (Å²) in [7, 11) is 0. The molecule has 0 radical (unpaired) electrons. The van der Waals surface area contributed by atoms with Crippen LogP contribution in [0.15, 0.2) is 72.9 Å². The van der Waals surface area contributed by atoms with E-state index in [4.69, 9.17) is 14.2 Å². The van der Waals surface area contributed by atoms with Crippen LogP contribution in [0.25, 0.3) is 0 Å². The predicted molar refractivity (Wildman–Crippen MR) is 316 cm³/mol. The normalized spacial score (nSPS) is 12.5. The van der Waals surface area contributed by atoms with Crippen molar-refractivity contribution in [2.24, 2.45) is 0 Å². The highest BCUT2D eigenvalue weighted by Gasteiger charge is 2.19. The van der Waals surface area contributed by atoms with Gasteiger partial charge in [0.05, 0.1) is 0 Å². The smallest absolute Gasteiger partial charge is 0.306 e. The van der Waals surface area contributed by atoms with Crippen molar-refractivity contribution in [3.63, 3.8) is 0 Å². The molecule has 422 valence electrons. The molecular formula is C67H118O6. The molecule has 0 heterocycles. The Balaban J connectivity index is 4.17. The highest BCUT2D eigenvalue weighted by atomic mass is 16.6. The van der Waals surface area contributed by atoms with Crippen LogP contribution in [0.1, 0.15) is 316 Å². The SMILES string of the molecule is CC/C=C\C/C=C\C/C=C\C/C=C\CCCCCCCCCCCCCCCCCCC(=O)OCC(COC(=O)CCCCCCCCCCCCC)OC(=O)CCCCCCC/C=C\C/C=C\CCCCC. The molecule has 1 atom stereocenters. The molecule has 0 amide bonds. The first kappa shape index (κ1) is 69.8. The Hall–Kier alpha value is -3.15. The topological polar surface area (TPSA) is 78.9 Å². The van der Waals surface area contributed by atoms with Gasteiger partial charge in [-0.15, -0.1) is 0 Å². The van der Waals surface area contributed by atoms with Crippen molar-refractivity contribution in [1.82, 2.24) is 0 Å². The zero-order valence-electron chi connectivity index (χ0n) is 48.4. The zero-order valence-corrected chi connectivity index (χ0v) is 48.4. The first-order chi connectivity index (χ1) is 36.0. The molecule has 73 heavy (non-hydrogen) atoms. The average molecular weight is 1020 g/mol. The minimum Gasteiger partial charge on any atom is -0.462 e. The molecule has 0 aliphatic rings. The van der Waals surface area contributed by atoms with Crippen LogP contribution < -0.4 is 0 Å². The van der Waals surface area contributed by atoms with Crippen molar-refractivity contribution >= 4 is 17.9 Å². The van der Waals surface area contributed by atoms with Crippen LogP contribution in [0.2, 0.25) is 0 Å². The molecular weight excluding hydrogens is 901 g/mol. The molecule has 0 aromatic carbocycles. The van der Waals surface area contributed by atoms with Crippen molar-refractivity contribution in [3.05, 3.63) is 72.9 Å². The molecule has 1 unspecified atom stereocenters. The molecule has 0 saturated carbocycles. The molecule has 0 aliphatic carbocycles. The number of rotatable bonds is 57. The number of esters is 3. The second-order valence-electron chi connectivity index (χ2n) is 20.9. The molecule has 0 aromatic rings. The van der Waals surface area contributed by atoms with E-state index in [2.05, 4.69) is 93.7 Å². The van der Waals surface area contributed by atoms with E-state index in [0.717, 1.165) is 109 Å². The minimum atomic E-state index is -0.779. The van der Waals surface area contributed by atoms with Gasteiger partial charge in [-0.05, 0) is 89.9 Å². The van der Waals surface area contributed by atoms with Crippen LogP contribution in [0.5, 0.6) is 0 Å². The second kappa shape index (κ2) is 61.4. The van der Waals surface area contributed by atoms with Crippen LogP contribution >= 0.6 is 0 Å². The van der Waals surface area contributed by atoms with E-state index < -0.39 is 6.10 Å². The van der Waals surface area contributed by atoms with Crippen LogP contribution in [-0.2, 0) is 28.6 Å². The lowest BCUT2D eigenvalue weighted by Gasteiger charge is -2.18. The summed E-state index contributed by atoms with van der Waals surface area (Å²) in [6.07, 6.45) is 79.1. The van der Waals surface area contributed by atoms with E-state index in [1.165, 1.54) is 167 Å². The maximum atomic E-state index is 12.9. The Bertz CT molecular complexity index is 1360. The van der Waals surface area contributed by atoms with Crippen molar-refractivity contribution in [2.45, 2.75) is 322 Å². The predicted octanol–water partition coefficient (Wildman–Crippen LogP) is 21.3. The van der Waals surface area contributed by atoms with Gasteiger partial charge in [0, 0.05) is 19.3 Å². The summed E-state index contributed by atoms with van der Waals surface area (Å²) in [5.41, 5.74) is 0. The number of hydrogen-bond donors (Lipinski definition) is 0. The third kappa shape index (κ3) is 59.6. The molecule has 0 saturated heterocycles. The Morgan fingerprint density at radius 3 is 0.863 bits per heavy atom. The van der Waals surface area contributed by atoms with Crippen LogP contribution in [0.4, 0.5) is 0 Å². The fourth-order valence-electron chi connectivity index (χ4n) is 9.00. The van der Waals surface area contributed by atoms with E-state index in [0.29, 0.717) is 19.3 Å². The highest BCUT2D eigenvalue weighted by molar-refractivity contribution is 5.71. The Kier molecular flexibility index (Phi) is 58.7. The molecule has 0 spiro atoms. The van der Waals surface area contributed by atoms with Crippen LogP contribution in [0.3, 0.4) is 0 Å².